The van der Waals surface area contributed by atoms with Gasteiger partial charge < -0.3 is 20.9 Å². The molecule has 3 aliphatic heterocycles. The van der Waals surface area contributed by atoms with Crippen molar-refractivity contribution in [3.8, 4) is 11.4 Å². The zero-order chi connectivity index (χ0) is 25.5. The molecule has 0 saturated carbocycles. The molecule has 10 nitrogen and oxygen atoms in total. The molecule has 1 aromatic carbocycles. The molecule has 3 aromatic rings. The number of fused-ring (bicyclic) bond motifs is 10. The van der Waals surface area contributed by atoms with Crippen LogP contribution < -0.4 is 16.0 Å². The second-order valence-electron chi connectivity index (χ2n) is 9.76. The van der Waals surface area contributed by atoms with E-state index in [-0.39, 0.29) is 5.91 Å². The highest BCUT2D eigenvalue weighted by atomic mass is 16.1. The monoisotopic (exact) mass is 501 g/mol. The fourth-order valence-electron chi connectivity index (χ4n) is 4.92. The van der Waals surface area contributed by atoms with Crippen molar-refractivity contribution in [3.05, 3.63) is 54.5 Å². The quantitative estimate of drug-likeness (QED) is 0.428. The zero-order valence-electron chi connectivity index (χ0n) is 21.4. The molecule has 194 valence electrons. The minimum atomic E-state index is 0.118. The van der Waals surface area contributed by atoms with Gasteiger partial charge in [-0.15, -0.1) is 0 Å². The third-order valence-electron chi connectivity index (χ3n) is 7.02. The summed E-state index contributed by atoms with van der Waals surface area (Å²) in [4.78, 5) is 34.9. The van der Waals surface area contributed by atoms with E-state index in [0.717, 1.165) is 62.5 Å². The molecule has 1 fully saturated rings. The van der Waals surface area contributed by atoms with Crippen LogP contribution in [0.1, 0.15) is 31.2 Å². The van der Waals surface area contributed by atoms with Gasteiger partial charge in [-0.2, -0.15) is 4.98 Å². The van der Waals surface area contributed by atoms with Gasteiger partial charge in [-0.25, -0.2) is 15.0 Å². The number of anilines is 3. The number of benzene rings is 1. The molecule has 0 atom stereocenters. The van der Waals surface area contributed by atoms with Crippen molar-refractivity contribution >= 4 is 23.4 Å². The van der Waals surface area contributed by atoms with Gasteiger partial charge in [0.25, 0.3) is 0 Å². The van der Waals surface area contributed by atoms with Gasteiger partial charge in [-0.3, -0.25) is 9.69 Å². The maximum absolute atomic E-state index is 12.3. The summed E-state index contributed by atoms with van der Waals surface area (Å²) < 4.78 is 0. The topological polar surface area (TPSA) is 111 Å². The number of hydrogen-bond donors (Lipinski definition) is 3. The van der Waals surface area contributed by atoms with E-state index in [9.17, 15) is 4.79 Å². The molecular formula is C27H35N9O. The highest BCUT2D eigenvalue weighted by molar-refractivity contribution is 5.76. The molecule has 8 bridgehead atoms. The first kappa shape index (κ1) is 25.0. The van der Waals surface area contributed by atoms with Crippen molar-refractivity contribution in [3.63, 3.8) is 0 Å². The van der Waals surface area contributed by atoms with E-state index in [2.05, 4.69) is 70.9 Å². The number of piperidine rings is 1. The van der Waals surface area contributed by atoms with Crippen molar-refractivity contribution in [2.45, 2.75) is 38.3 Å². The van der Waals surface area contributed by atoms with Crippen LogP contribution in [0.25, 0.3) is 11.4 Å². The highest BCUT2D eigenvalue weighted by Crippen LogP contribution is 2.22. The van der Waals surface area contributed by atoms with Gasteiger partial charge in [0.1, 0.15) is 12.1 Å². The molecule has 0 radical (unpaired) electrons. The number of rotatable bonds is 0. The Morgan fingerprint density at radius 2 is 1.84 bits per heavy atom. The summed E-state index contributed by atoms with van der Waals surface area (Å²) in [5.41, 5.74) is 3.04. The summed E-state index contributed by atoms with van der Waals surface area (Å²) in [6, 6.07) is 12.7. The normalized spacial score (nSPS) is 21.7. The van der Waals surface area contributed by atoms with Crippen LogP contribution in [0.3, 0.4) is 0 Å². The fraction of sp³-hybridized carbons (Fsp3) is 0.444. The maximum Gasteiger partial charge on any atom is 0.230 e. The molecule has 1 saturated heterocycles. The van der Waals surface area contributed by atoms with Crippen molar-refractivity contribution in [1.82, 2.24) is 35.1 Å². The molecule has 37 heavy (non-hydrogen) atoms. The van der Waals surface area contributed by atoms with Crippen molar-refractivity contribution in [1.29, 1.82) is 0 Å². The molecule has 1 amide bonds. The van der Waals surface area contributed by atoms with Crippen LogP contribution in [0.2, 0.25) is 0 Å². The second kappa shape index (κ2) is 12.1. The van der Waals surface area contributed by atoms with E-state index in [1.54, 1.807) is 6.20 Å². The first-order valence-corrected chi connectivity index (χ1v) is 13.1. The first-order valence-electron chi connectivity index (χ1n) is 13.1. The fourth-order valence-corrected chi connectivity index (χ4v) is 4.92. The molecule has 3 N–H and O–H groups in total. The predicted octanol–water partition coefficient (Wildman–Crippen LogP) is 2.90. The molecule has 3 aliphatic rings. The number of hydrogen-bond acceptors (Lipinski definition) is 9. The van der Waals surface area contributed by atoms with Crippen LogP contribution in [0.15, 0.2) is 48.9 Å². The molecule has 5 heterocycles. The van der Waals surface area contributed by atoms with Crippen LogP contribution in [-0.2, 0) is 11.3 Å². The lowest BCUT2D eigenvalue weighted by molar-refractivity contribution is -0.121. The number of amides is 1. The Bertz CT molecular complexity index is 1200. The van der Waals surface area contributed by atoms with E-state index in [0.29, 0.717) is 37.3 Å². The number of carbonyl (C=O) groups is 1. The smallest absolute Gasteiger partial charge is 0.230 e. The average Bonchev–Trinajstić information content (AvgIpc) is 2.92. The summed E-state index contributed by atoms with van der Waals surface area (Å²) in [5.74, 6) is 1.94. The summed E-state index contributed by atoms with van der Waals surface area (Å²) >= 11 is 0. The lowest BCUT2D eigenvalue weighted by Crippen LogP contribution is -2.44. The van der Waals surface area contributed by atoms with Gasteiger partial charge in [-0.05, 0) is 69.2 Å². The molecule has 2 aromatic heterocycles. The average molecular weight is 502 g/mol. The number of aromatic nitrogens is 4. The third-order valence-corrected chi connectivity index (χ3v) is 7.02. The largest absolute Gasteiger partial charge is 0.370 e. The maximum atomic E-state index is 12.3. The van der Waals surface area contributed by atoms with Gasteiger partial charge in [0.15, 0.2) is 5.82 Å². The Morgan fingerprint density at radius 1 is 0.973 bits per heavy atom. The Balaban J connectivity index is 1.34. The summed E-state index contributed by atoms with van der Waals surface area (Å²) in [5, 5.41) is 9.71. The van der Waals surface area contributed by atoms with Crippen molar-refractivity contribution in [2.24, 2.45) is 0 Å². The Kier molecular flexibility index (Phi) is 8.17. The minimum Gasteiger partial charge on any atom is -0.370 e. The number of nitrogens with zero attached hydrogens (tertiary/aromatic N) is 6. The number of pyridine rings is 1. The van der Waals surface area contributed by atoms with Gasteiger partial charge in [-0.1, -0.05) is 12.1 Å². The minimum absolute atomic E-state index is 0.118. The highest BCUT2D eigenvalue weighted by Gasteiger charge is 2.23. The predicted molar refractivity (Wildman–Crippen MR) is 144 cm³/mol. The number of carbonyl (C=O) groups excluding carboxylic acids is 1. The molecular weight excluding hydrogens is 466 g/mol. The van der Waals surface area contributed by atoms with Gasteiger partial charge in [0, 0.05) is 56.1 Å². The first-order chi connectivity index (χ1) is 18.1. The van der Waals surface area contributed by atoms with Crippen molar-refractivity contribution in [2.75, 3.05) is 50.4 Å². The van der Waals surface area contributed by atoms with E-state index in [1.807, 2.05) is 18.2 Å². The van der Waals surface area contributed by atoms with E-state index >= 15 is 0 Å². The third kappa shape index (κ3) is 6.99. The molecule has 0 spiro atoms. The summed E-state index contributed by atoms with van der Waals surface area (Å²) in [6.45, 7) is 5.10. The zero-order valence-corrected chi connectivity index (χ0v) is 21.4. The Hall–Kier alpha value is -3.63. The lowest BCUT2D eigenvalue weighted by atomic mass is 10.0. The van der Waals surface area contributed by atoms with E-state index in [4.69, 9.17) is 0 Å². The molecule has 10 heteroatoms. The Morgan fingerprint density at radius 3 is 2.73 bits per heavy atom. The van der Waals surface area contributed by atoms with Crippen molar-refractivity contribution < 1.29 is 4.79 Å². The van der Waals surface area contributed by atoms with Crippen LogP contribution in [0.5, 0.6) is 0 Å². The lowest BCUT2D eigenvalue weighted by Gasteiger charge is -2.36. The molecule has 6 rings (SSSR count). The molecule has 0 aliphatic carbocycles. The molecule has 0 unspecified atom stereocenters. The van der Waals surface area contributed by atoms with Gasteiger partial charge in [0.05, 0.1) is 0 Å². The summed E-state index contributed by atoms with van der Waals surface area (Å²) in [7, 11) is 2.20. The van der Waals surface area contributed by atoms with Crippen LogP contribution in [-0.4, -0.2) is 81.5 Å². The van der Waals surface area contributed by atoms with Crippen LogP contribution >= 0.6 is 0 Å². The number of nitrogens with one attached hydrogen (secondary N) is 3. The second-order valence-corrected chi connectivity index (χ2v) is 9.76. The standard InChI is InChI=1S/C27H35N9O/c1-35-18-20-4-2-5-22(16-20)33-27-32-19-31-26(34-27)21-6-12-29-24(17-21)28-10-3-11-30-25(37)9-15-36-13-7-23(35)8-14-36/h2,4-6,12,16-17,19,23H,3,7-11,13-15,18H2,1H3,(H,28,29)(H,30,37)(H,31,32,33,34). The van der Waals surface area contributed by atoms with Crippen LogP contribution in [0, 0.1) is 0 Å². The van der Waals surface area contributed by atoms with Crippen LogP contribution in [0.4, 0.5) is 17.5 Å². The Labute approximate surface area is 217 Å². The van der Waals surface area contributed by atoms with E-state index < -0.39 is 0 Å². The van der Waals surface area contributed by atoms with Gasteiger partial charge in [0.2, 0.25) is 11.9 Å². The van der Waals surface area contributed by atoms with E-state index in [1.165, 1.54) is 11.9 Å². The SMILES string of the molecule is CN1Cc2cccc(c2)Nc2ncnc(n2)-c2ccnc(c2)NCCCNC(=O)CCN2CCC1CC2. The van der Waals surface area contributed by atoms with Gasteiger partial charge >= 0.3 is 0 Å². The summed E-state index contributed by atoms with van der Waals surface area (Å²) in [6.07, 6.45) is 6.85.